The Morgan fingerprint density at radius 1 is 1.25 bits per heavy atom. The van der Waals surface area contributed by atoms with Crippen LogP contribution >= 0.6 is 23.1 Å². The van der Waals surface area contributed by atoms with Crippen LogP contribution in [-0.4, -0.2) is 22.6 Å². The standard InChI is InChI=1S/C20H17N3O3S2/c1-11-19(27-10-16(21)24)28-20(22-11)23-17(25)8-13-9-26-15-7-6-12-4-2-3-5-14(12)18(13)15/h2-7,9H,8,10H2,1H3,(H2,21,24)(H,22,23,25). The second kappa shape index (κ2) is 7.65. The van der Waals surface area contributed by atoms with Crippen LogP contribution in [0.3, 0.4) is 0 Å². The number of furan rings is 1. The van der Waals surface area contributed by atoms with Gasteiger partial charge in [0.1, 0.15) is 5.58 Å². The van der Waals surface area contributed by atoms with Crippen molar-refractivity contribution in [1.29, 1.82) is 0 Å². The van der Waals surface area contributed by atoms with Gasteiger partial charge >= 0.3 is 0 Å². The first-order valence-electron chi connectivity index (χ1n) is 8.57. The van der Waals surface area contributed by atoms with Crippen LogP contribution in [0.1, 0.15) is 11.3 Å². The number of hydrogen-bond donors (Lipinski definition) is 2. The normalized spacial score (nSPS) is 11.2. The third-order valence-electron chi connectivity index (χ3n) is 4.24. The van der Waals surface area contributed by atoms with E-state index in [1.807, 2.05) is 43.3 Å². The first kappa shape index (κ1) is 18.5. The second-order valence-electron chi connectivity index (χ2n) is 6.29. The summed E-state index contributed by atoms with van der Waals surface area (Å²) in [6, 6.07) is 12.0. The Labute approximate surface area is 169 Å². The van der Waals surface area contributed by atoms with E-state index in [1.165, 1.54) is 23.1 Å². The Morgan fingerprint density at radius 3 is 2.89 bits per heavy atom. The predicted octanol–water partition coefficient (Wildman–Crippen LogP) is 4.11. The van der Waals surface area contributed by atoms with Gasteiger partial charge in [0.2, 0.25) is 11.8 Å². The highest BCUT2D eigenvalue weighted by Gasteiger charge is 2.16. The molecular formula is C20H17N3O3S2. The van der Waals surface area contributed by atoms with Crippen molar-refractivity contribution in [3.63, 3.8) is 0 Å². The zero-order chi connectivity index (χ0) is 19.7. The molecule has 0 saturated carbocycles. The summed E-state index contributed by atoms with van der Waals surface area (Å²) >= 11 is 2.66. The van der Waals surface area contributed by atoms with Crippen molar-refractivity contribution >= 4 is 61.8 Å². The summed E-state index contributed by atoms with van der Waals surface area (Å²) in [6.07, 6.45) is 1.82. The van der Waals surface area contributed by atoms with E-state index >= 15 is 0 Å². The average Bonchev–Trinajstić information content (AvgIpc) is 3.23. The molecule has 2 amide bonds. The van der Waals surface area contributed by atoms with Gasteiger partial charge in [0.05, 0.1) is 28.3 Å². The molecule has 4 aromatic rings. The van der Waals surface area contributed by atoms with Crippen molar-refractivity contribution in [1.82, 2.24) is 4.98 Å². The van der Waals surface area contributed by atoms with E-state index < -0.39 is 0 Å². The van der Waals surface area contributed by atoms with E-state index in [2.05, 4.69) is 10.3 Å². The molecule has 0 bridgehead atoms. The summed E-state index contributed by atoms with van der Waals surface area (Å²) in [5.41, 5.74) is 7.55. The minimum absolute atomic E-state index is 0.171. The number of rotatable bonds is 6. The molecule has 8 heteroatoms. The Balaban J connectivity index is 1.54. The first-order valence-corrected chi connectivity index (χ1v) is 10.4. The van der Waals surface area contributed by atoms with E-state index in [0.717, 1.165) is 37.2 Å². The van der Waals surface area contributed by atoms with Gasteiger partial charge in [-0.05, 0) is 23.8 Å². The van der Waals surface area contributed by atoms with Crippen LogP contribution in [0.25, 0.3) is 21.7 Å². The van der Waals surface area contributed by atoms with Gasteiger partial charge in [-0.3, -0.25) is 9.59 Å². The number of nitrogens with zero attached hydrogens (tertiary/aromatic N) is 1. The van der Waals surface area contributed by atoms with Crippen LogP contribution in [0.4, 0.5) is 5.13 Å². The van der Waals surface area contributed by atoms with Crippen LogP contribution in [-0.2, 0) is 16.0 Å². The summed E-state index contributed by atoms with van der Waals surface area (Å²) in [7, 11) is 0. The number of amides is 2. The van der Waals surface area contributed by atoms with Gasteiger partial charge in [-0.1, -0.05) is 41.7 Å². The number of carbonyl (C=O) groups is 2. The smallest absolute Gasteiger partial charge is 0.230 e. The lowest BCUT2D eigenvalue weighted by Gasteiger charge is -2.03. The summed E-state index contributed by atoms with van der Waals surface area (Å²) in [6.45, 7) is 1.84. The summed E-state index contributed by atoms with van der Waals surface area (Å²) in [5, 5.41) is 6.47. The van der Waals surface area contributed by atoms with Crippen molar-refractivity contribution in [3.05, 3.63) is 53.9 Å². The molecule has 0 aliphatic heterocycles. The Hall–Kier alpha value is -2.84. The quantitative estimate of drug-likeness (QED) is 0.465. The highest BCUT2D eigenvalue weighted by atomic mass is 32.2. The minimum Gasteiger partial charge on any atom is -0.464 e. The fraction of sp³-hybridized carbons (Fsp3) is 0.150. The van der Waals surface area contributed by atoms with Crippen LogP contribution in [0, 0.1) is 6.92 Å². The lowest BCUT2D eigenvalue weighted by molar-refractivity contribution is -0.116. The number of anilines is 1. The number of benzene rings is 2. The third kappa shape index (κ3) is 3.74. The van der Waals surface area contributed by atoms with Gasteiger partial charge in [-0.2, -0.15) is 0 Å². The van der Waals surface area contributed by atoms with Crippen molar-refractivity contribution in [2.24, 2.45) is 5.73 Å². The molecule has 3 N–H and O–H groups in total. The molecular weight excluding hydrogens is 394 g/mol. The van der Waals surface area contributed by atoms with E-state index in [-0.39, 0.29) is 24.0 Å². The van der Waals surface area contributed by atoms with E-state index in [4.69, 9.17) is 10.2 Å². The maximum atomic E-state index is 12.6. The van der Waals surface area contributed by atoms with Gasteiger partial charge in [0.15, 0.2) is 5.13 Å². The number of nitrogens with one attached hydrogen (secondary N) is 1. The number of fused-ring (bicyclic) bond motifs is 3. The topological polar surface area (TPSA) is 98.2 Å². The highest BCUT2D eigenvalue weighted by molar-refractivity contribution is 8.01. The number of aryl methyl sites for hydroxylation is 1. The van der Waals surface area contributed by atoms with Crippen LogP contribution in [0.2, 0.25) is 0 Å². The molecule has 0 saturated heterocycles. The molecule has 0 unspecified atom stereocenters. The Morgan fingerprint density at radius 2 is 2.07 bits per heavy atom. The van der Waals surface area contributed by atoms with Gasteiger partial charge < -0.3 is 15.5 Å². The molecule has 2 aromatic carbocycles. The summed E-state index contributed by atoms with van der Waals surface area (Å²) < 4.78 is 6.52. The molecule has 4 rings (SSSR count). The van der Waals surface area contributed by atoms with Crippen molar-refractivity contribution in [2.45, 2.75) is 17.6 Å². The summed E-state index contributed by atoms with van der Waals surface area (Å²) in [5.74, 6) is -0.372. The van der Waals surface area contributed by atoms with Gasteiger partial charge in [-0.25, -0.2) is 4.98 Å². The minimum atomic E-state index is -0.387. The molecule has 0 aliphatic rings. The van der Waals surface area contributed by atoms with Crippen LogP contribution in [0.5, 0.6) is 0 Å². The largest absolute Gasteiger partial charge is 0.464 e. The number of hydrogen-bond acceptors (Lipinski definition) is 6. The predicted molar refractivity (Wildman–Crippen MR) is 113 cm³/mol. The van der Waals surface area contributed by atoms with E-state index in [9.17, 15) is 9.59 Å². The van der Waals surface area contributed by atoms with Gasteiger partial charge in [-0.15, -0.1) is 11.8 Å². The van der Waals surface area contributed by atoms with E-state index in [0.29, 0.717) is 5.13 Å². The zero-order valence-corrected chi connectivity index (χ0v) is 16.7. The molecule has 0 atom stereocenters. The number of primary amides is 1. The molecule has 0 fully saturated rings. The second-order valence-corrected chi connectivity index (χ2v) is 8.54. The van der Waals surface area contributed by atoms with Crippen LogP contribution < -0.4 is 11.1 Å². The van der Waals surface area contributed by atoms with Crippen LogP contribution in [0.15, 0.2) is 51.3 Å². The lowest BCUT2D eigenvalue weighted by atomic mass is 10.0. The third-order valence-corrected chi connectivity index (χ3v) is 6.69. The lowest BCUT2D eigenvalue weighted by Crippen LogP contribution is -2.14. The van der Waals surface area contributed by atoms with Gasteiger partial charge in [0, 0.05) is 10.9 Å². The van der Waals surface area contributed by atoms with Crippen molar-refractivity contribution < 1.29 is 14.0 Å². The molecule has 0 spiro atoms. The fourth-order valence-corrected chi connectivity index (χ4v) is 4.94. The number of thioether (sulfide) groups is 1. The number of nitrogens with two attached hydrogens (primary N) is 1. The summed E-state index contributed by atoms with van der Waals surface area (Å²) in [4.78, 5) is 27.9. The molecule has 6 nitrogen and oxygen atoms in total. The number of thiazole rings is 1. The van der Waals surface area contributed by atoms with E-state index in [1.54, 1.807) is 6.26 Å². The first-order chi connectivity index (χ1) is 13.5. The Bertz CT molecular complexity index is 1200. The molecule has 142 valence electrons. The SMILES string of the molecule is Cc1nc(NC(=O)Cc2coc3ccc4ccccc4c23)sc1SCC(N)=O. The number of aromatic nitrogens is 1. The van der Waals surface area contributed by atoms with Gasteiger partial charge in [0.25, 0.3) is 0 Å². The Kier molecular flexibility index (Phi) is 5.06. The highest BCUT2D eigenvalue weighted by Crippen LogP contribution is 2.33. The molecule has 28 heavy (non-hydrogen) atoms. The monoisotopic (exact) mass is 411 g/mol. The maximum absolute atomic E-state index is 12.6. The number of carbonyl (C=O) groups excluding carboxylic acids is 2. The molecule has 2 aromatic heterocycles. The molecule has 2 heterocycles. The zero-order valence-electron chi connectivity index (χ0n) is 15.0. The van der Waals surface area contributed by atoms with Crippen molar-refractivity contribution in [3.8, 4) is 0 Å². The fourth-order valence-electron chi connectivity index (χ4n) is 3.05. The molecule has 0 aliphatic carbocycles. The molecule has 0 radical (unpaired) electrons. The maximum Gasteiger partial charge on any atom is 0.230 e. The average molecular weight is 412 g/mol. The van der Waals surface area contributed by atoms with Crippen molar-refractivity contribution in [2.75, 3.05) is 11.1 Å².